The predicted octanol–water partition coefficient (Wildman–Crippen LogP) is 6.04. The first-order valence-corrected chi connectivity index (χ1v) is 9.97. The van der Waals surface area contributed by atoms with Gasteiger partial charge in [-0.25, -0.2) is 10.0 Å². The molecule has 0 atom stereocenters. The minimum absolute atomic E-state index is 0. The largest absolute Gasteiger partial charge is 0.242 e. The number of hydrogen-bond donors (Lipinski definition) is 0. The highest BCUT2D eigenvalue weighted by Gasteiger charge is 2.17. The molecular formula is C18H38BrClN2. The van der Waals surface area contributed by atoms with Gasteiger partial charge in [0.25, 0.3) is 0 Å². The van der Waals surface area contributed by atoms with Crippen molar-refractivity contribution in [3.63, 3.8) is 0 Å². The molecule has 0 spiro atoms. The maximum absolute atomic E-state index is 5.88. The Kier molecular flexibility index (Phi) is 17.1. The third kappa shape index (κ3) is 11.3. The molecule has 1 rings (SSSR count). The lowest BCUT2D eigenvalue weighted by Crippen LogP contribution is -2.46. The Labute approximate surface area is 154 Å². The lowest BCUT2D eigenvalue weighted by molar-refractivity contribution is -0.0403. The fourth-order valence-corrected chi connectivity index (χ4v) is 3.34. The molecule has 0 N–H and O–H groups in total. The molecule has 0 saturated carbocycles. The quantitative estimate of drug-likeness (QED) is 0.276. The van der Waals surface area contributed by atoms with E-state index in [4.69, 9.17) is 11.6 Å². The van der Waals surface area contributed by atoms with Crippen LogP contribution in [0.5, 0.6) is 0 Å². The minimum atomic E-state index is 0. The lowest BCUT2D eigenvalue weighted by Gasteiger charge is -2.37. The molecule has 1 fully saturated rings. The molecule has 0 aromatic carbocycles. The summed E-state index contributed by atoms with van der Waals surface area (Å²) in [6.07, 6.45) is 16.5. The predicted molar refractivity (Wildman–Crippen MR) is 105 cm³/mol. The van der Waals surface area contributed by atoms with Crippen molar-refractivity contribution >= 4 is 28.6 Å². The van der Waals surface area contributed by atoms with E-state index in [9.17, 15) is 0 Å². The van der Waals surface area contributed by atoms with Crippen molar-refractivity contribution in [1.29, 1.82) is 0 Å². The second kappa shape index (κ2) is 16.5. The normalized spacial score (nSPS) is 16.0. The Balaban J connectivity index is 0.00000441. The van der Waals surface area contributed by atoms with Gasteiger partial charge in [0.2, 0.25) is 0 Å². The smallest absolute Gasteiger partial charge is 0.0236 e. The van der Waals surface area contributed by atoms with Crippen LogP contribution in [0.15, 0.2) is 0 Å². The standard InChI is InChI=1S/C18H37ClN2.BrH/c1-2-3-4-5-6-7-8-10-15-21(18-13-14-19)20-16-11-9-12-17-20;/h2-18H2,1H3;1H. The van der Waals surface area contributed by atoms with Gasteiger partial charge in [-0.3, -0.25) is 0 Å². The van der Waals surface area contributed by atoms with Gasteiger partial charge in [-0.1, -0.05) is 58.3 Å². The molecule has 1 heterocycles. The van der Waals surface area contributed by atoms with Gasteiger partial charge in [-0.2, -0.15) is 0 Å². The summed E-state index contributed by atoms with van der Waals surface area (Å²) in [6.45, 7) is 7.21. The fraction of sp³-hybridized carbons (Fsp3) is 1.00. The van der Waals surface area contributed by atoms with E-state index in [0.717, 1.165) is 18.8 Å². The summed E-state index contributed by atoms with van der Waals surface area (Å²) in [5.41, 5.74) is 0. The fourth-order valence-electron chi connectivity index (χ4n) is 3.23. The highest BCUT2D eigenvalue weighted by Crippen LogP contribution is 2.14. The molecule has 134 valence electrons. The minimum Gasteiger partial charge on any atom is -0.242 e. The van der Waals surface area contributed by atoms with Crippen molar-refractivity contribution in [2.45, 2.75) is 84.0 Å². The molecule has 0 aromatic heterocycles. The molecule has 0 unspecified atom stereocenters. The number of piperidine rings is 1. The molecule has 0 bridgehead atoms. The Hall–Kier alpha value is 0.690. The first-order chi connectivity index (χ1) is 10.4. The van der Waals surface area contributed by atoms with Crippen LogP contribution in [0.1, 0.15) is 84.0 Å². The molecule has 4 heteroatoms. The Morgan fingerprint density at radius 1 is 0.773 bits per heavy atom. The summed E-state index contributed by atoms with van der Waals surface area (Å²) >= 11 is 5.88. The van der Waals surface area contributed by atoms with E-state index < -0.39 is 0 Å². The van der Waals surface area contributed by atoms with Gasteiger partial charge >= 0.3 is 0 Å². The summed E-state index contributed by atoms with van der Waals surface area (Å²) < 4.78 is 0. The Bertz CT molecular complexity index is 223. The van der Waals surface area contributed by atoms with Crippen LogP contribution in [0, 0.1) is 0 Å². The monoisotopic (exact) mass is 396 g/mol. The molecule has 0 amide bonds. The van der Waals surface area contributed by atoms with Gasteiger partial charge in [0, 0.05) is 32.1 Å². The summed E-state index contributed by atoms with van der Waals surface area (Å²) in [7, 11) is 0. The van der Waals surface area contributed by atoms with Crippen molar-refractivity contribution in [3.8, 4) is 0 Å². The number of alkyl halides is 1. The van der Waals surface area contributed by atoms with Crippen LogP contribution in [0.4, 0.5) is 0 Å². The number of rotatable bonds is 13. The van der Waals surface area contributed by atoms with E-state index in [1.807, 2.05) is 0 Å². The van der Waals surface area contributed by atoms with Crippen LogP contribution in [0.25, 0.3) is 0 Å². The Morgan fingerprint density at radius 3 is 1.91 bits per heavy atom. The number of hydrazine groups is 1. The summed E-state index contributed by atoms with van der Waals surface area (Å²) in [5.74, 6) is 0.793. The van der Waals surface area contributed by atoms with Crippen LogP contribution >= 0.6 is 28.6 Å². The zero-order valence-electron chi connectivity index (χ0n) is 14.7. The first kappa shape index (κ1) is 22.7. The molecule has 0 radical (unpaired) electrons. The highest BCUT2D eigenvalue weighted by atomic mass is 79.9. The van der Waals surface area contributed by atoms with Crippen molar-refractivity contribution < 1.29 is 0 Å². The number of unbranched alkanes of at least 4 members (excludes halogenated alkanes) is 7. The van der Waals surface area contributed by atoms with Crippen molar-refractivity contribution in [2.24, 2.45) is 0 Å². The van der Waals surface area contributed by atoms with Crippen molar-refractivity contribution in [2.75, 3.05) is 32.1 Å². The number of nitrogens with zero attached hydrogens (tertiary/aromatic N) is 2. The van der Waals surface area contributed by atoms with Gasteiger partial charge in [-0.15, -0.1) is 28.6 Å². The average molecular weight is 398 g/mol. The molecule has 22 heavy (non-hydrogen) atoms. The SMILES string of the molecule is Br.CCCCCCCCCCN(CCCCl)N1CCCCC1. The Morgan fingerprint density at radius 2 is 1.32 bits per heavy atom. The van der Waals surface area contributed by atoms with E-state index in [0.29, 0.717) is 0 Å². The number of halogens is 2. The van der Waals surface area contributed by atoms with Gasteiger partial charge < -0.3 is 0 Å². The topological polar surface area (TPSA) is 6.48 Å². The molecule has 0 aliphatic carbocycles. The van der Waals surface area contributed by atoms with Gasteiger partial charge in [0.1, 0.15) is 0 Å². The third-order valence-electron chi connectivity index (χ3n) is 4.55. The molecule has 1 saturated heterocycles. The second-order valence-electron chi connectivity index (χ2n) is 6.49. The average Bonchev–Trinajstić information content (AvgIpc) is 2.53. The van der Waals surface area contributed by atoms with Crippen LogP contribution in [-0.4, -0.2) is 42.1 Å². The van der Waals surface area contributed by atoms with E-state index in [1.165, 1.54) is 90.3 Å². The lowest BCUT2D eigenvalue weighted by atomic mass is 10.1. The van der Waals surface area contributed by atoms with Crippen LogP contribution < -0.4 is 0 Å². The first-order valence-electron chi connectivity index (χ1n) is 9.44. The van der Waals surface area contributed by atoms with E-state index in [1.54, 1.807) is 0 Å². The summed E-state index contributed by atoms with van der Waals surface area (Å²) in [6, 6.07) is 0. The molecule has 1 aliphatic rings. The van der Waals surface area contributed by atoms with Crippen LogP contribution in [0.2, 0.25) is 0 Å². The van der Waals surface area contributed by atoms with Crippen LogP contribution in [-0.2, 0) is 0 Å². The maximum Gasteiger partial charge on any atom is 0.0236 e. The van der Waals surface area contributed by atoms with E-state index >= 15 is 0 Å². The summed E-state index contributed by atoms with van der Waals surface area (Å²) in [5, 5.41) is 5.19. The molecule has 0 aromatic rings. The van der Waals surface area contributed by atoms with Gasteiger partial charge in [0.15, 0.2) is 0 Å². The highest BCUT2D eigenvalue weighted by molar-refractivity contribution is 8.93. The summed E-state index contributed by atoms with van der Waals surface area (Å²) in [4.78, 5) is 0. The van der Waals surface area contributed by atoms with E-state index in [2.05, 4.69) is 16.9 Å². The van der Waals surface area contributed by atoms with Gasteiger partial charge in [0.05, 0.1) is 0 Å². The van der Waals surface area contributed by atoms with Crippen molar-refractivity contribution in [3.05, 3.63) is 0 Å². The molecule has 2 nitrogen and oxygen atoms in total. The zero-order chi connectivity index (χ0) is 15.2. The van der Waals surface area contributed by atoms with E-state index in [-0.39, 0.29) is 17.0 Å². The van der Waals surface area contributed by atoms with Crippen LogP contribution in [0.3, 0.4) is 0 Å². The van der Waals surface area contributed by atoms with Crippen molar-refractivity contribution in [1.82, 2.24) is 10.0 Å². The molecular weight excluding hydrogens is 360 g/mol. The third-order valence-corrected chi connectivity index (χ3v) is 4.82. The van der Waals surface area contributed by atoms with Gasteiger partial charge in [-0.05, 0) is 25.7 Å². The zero-order valence-corrected chi connectivity index (χ0v) is 17.2. The maximum atomic E-state index is 5.88. The molecule has 1 aliphatic heterocycles. The second-order valence-corrected chi connectivity index (χ2v) is 6.86. The number of hydrogen-bond acceptors (Lipinski definition) is 2.